The van der Waals surface area contributed by atoms with Crippen LogP contribution in [0.4, 0.5) is 0 Å². The highest BCUT2D eigenvalue weighted by atomic mass is 32.2. The van der Waals surface area contributed by atoms with Crippen molar-refractivity contribution in [3.05, 3.63) is 43.0 Å². The van der Waals surface area contributed by atoms with Crippen LogP contribution in [0.15, 0.2) is 47.9 Å². The third kappa shape index (κ3) is 4.38. The normalized spacial score (nSPS) is 10.8. The van der Waals surface area contributed by atoms with Crippen molar-refractivity contribution in [3.63, 3.8) is 0 Å². The Labute approximate surface area is 101 Å². The fourth-order valence-electron chi connectivity index (χ4n) is 1.13. The molecule has 0 aromatic heterocycles. The summed E-state index contributed by atoms with van der Waals surface area (Å²) in [7, 11) is -3.49. The van der Waals surface area contributed by atoms with E-state index in [1.165, 1.54) is 12.1 Å². The molecule has 5 nitrogen and oxygen atoms in total. The molecule has 0 fully saturated rings. The molecule has 0 spiro atoms. The average molecular weight is 254 g/mol. The van der Waals surface area contributed by atoms with Crippen LogP contribution in [0.5, 0.6) is 0 Å². The van der Waals surface area contributed by atoms with E-state index in [2.05, 4.69) is 16.6 Å². The quantitative estimate of drug-likeness (QED) is 0.565. The maximum atomic E-state index is 11.7. The molecule has 0 aliphatic rings. The number of carbonyl (C=O) groups is 1. The van der Waals surface area contributed by atoms with E-state index in [0.717, 1.165) is 6.08 Å². The molecular weight excluding hydrogens is 240 g/mol. The number of hydrogen-bond acceptors (Lipinski definition) is 3. The average Bonchev–Trinajstić information content (AvgIpc) is 2.35. The lowest BCUT2D eigenvalue weighted by molar-refractivity contribution is -0.116. The number of nitrogens with one attached hydrogen (secondary N) is 2. The van der Waals surface area contributed by atoms with Gasteiger partial charge in [-0.2, -0.15) is 0 Å². The van der Waals surface area contributed by atoms with Gasteiger partial charge in [-0.15, -0.1) is 0 Å². The molecule has 17 heavy (non-hydrogen) atoms. The van der Waals surface area contributed by atoms with Gasteiger partial charge in [0.25, 0.3) is 0 Å². The van der Waals surface area contributed by atoms with Gasteiger partial charge in [0.1, 0.15) is 0 Å². The monoisotopic (exact) mass is 254 g/mol. The first kappa shape index (κ1) is 13.4. The SMILES string of the molecule is C=CC(=O)NCCNS(=O)(=O)c1ccccc1. The fraction of sp³-hybridized carbons (Fsp3) is 0.182. The number of amides is 1. The van der Waals surface area contributed by atoms with Crippen molar-refractivity contribution in [2.75, 3.05) is 13.1 Å². The zero-order chi connectivity index (χ0) is 12.7. The van der Waals surface area contributed by atoms with Crippen LogP contribution in [0.2, 0.25) is 0 Å². The molecule has 1 amide bonds. The predicted octanol–water partition coefficient (Wildman–Crippen LogP) is 0.267. The van der Waals surface area contributed by atoms with Crippen LogP contribution in [0.1, 0.15) is 0 Å². The smallest absolute Gasteiger partial charge is 0.243 e. The Morgan fingerprint density at radius 2 is 1.88 bits per heavy atom. The first-order chi connectivity index (χ1) is 8.06. The molecule has 0 bridgehead atoms. The van der Waals surface area contributed by atoms with Gasteiger partial charge in [0.2, 0.25) is 15.9 Å². The van der Waals surface area contributed by atoms with Gasteiger partial charge in [-0.25, -0.2) is 13.1 Å². The van der Waals surface area contributed by atoms with Crippen LogP contribution in [0, 0.1) is 0 Å². The van der Waals surface area contributed by atoms with Crippen molar-refractivity contribution in [2.24, 2.45) is 0 Å². The number of benzene rings is 1. The van der Waals surface area contributed by atoms with Crippen molar-refractivity contribution in [3.8, 4) is 0 Å². The molecule has 0 atom stereocenters. The lowest BCUT2D eigenvalue weighted by Crippen LogP contribution is -2.33. The number of hydrogen-bond donors (Lipinski definition) is 2. The Kier molecular flexibility index (Phi) is 4.86. The summed E-state index contributed by atoms with van der Waals surface area (Å²) >= 11 is 0. The van der Waals surface area contributed by atoms with Crippen molar-refractivity contribution in [1.29, 1.82) is 0 Å². The maximum absolute atomic E-state index is 11.7. The Balaban J connectivity index is 2.46. The Hall–Kier alpha value is -1.66. The summed E-state index contributed by atoms with van der Waals surface area (Å²) in [6, 6.07) is 8.04. The summed E-state index contributed by atoms with van der Waals surface area (Å²) in [5.74, 6) is -0.330. The van der Waals surface area contributed by atoms with Crippen LogP contribution in [0.25, 0.3) is 0 Å². The summed E-state index contributed by atoms with van der Waals surface area (Å²) in [6.07, 6.45) is 1.13. The lowest BCUT2D eigenvalue weighted by Gasteiger charge is -2.06. The van der Waals surface area contributed by atoms with Gasteiger partial charge in [0, 0.05) is 13.1 Å². The summed E-state index contributed by atoms with van der Waals surface area (Å²) in [5.41, 5.74) is 0. The van der Waals surface area contributed by atoms with E-state index in [0.29, 0.717) is 0 Å². The minimum atomic E-state index is -3.49. The molecule has 0 unspecified atom stereocenters. The molecule has 0 saturated carbocycles. The molecule has 0 heterocycles. The van der Waals surface area contributed by atoms with Crippen LogP contribution < -0.4 is 10.0 Å². The minimum absolute atomic E-state index is 0.136. The highest BCUT2D eigenvalue weighted by Gasteiger charge is 2.11. The summed E-state index contributed by atoms with van der Waals surface area (Å²) < 4.78 is 25.8. The van der Waals surface area contributed by atoms with Gasteiger partial charge in [-0.3, -0.25) is 4.79 Å². The molecule has 92 valence electrons. The second kappa shape index (κ2) is 6.17. The Morgan fingerprint density at radius 1 is 1.24 bits per heavy atom. The first-order valence-electron chi connectivity index (χ1n) is 5.01. The van der Waals surface area contributed by atoms with Gasteiger partial charge < -0.3 is 5.32 Å². The molecule has 0 radical (unpaired) electrons. The van der Waals surface area contributed by atoms with Gasteiger partial charge in [0.15, 0.2) is 0 Å². The Morgan fingerprint density at radius 3 is 2.47 bits per heavy atom. The standard InChI is InChI=1S/C11H14N2O3S/c1-2-11(14)12-8-9-13-17(15,16)10-6-4-3-5-7-10/h2-7,13H,1,8-9H2,(H,12,14). The van der Waals surface area contributed by atoms with Crippen molar-refractivity contribution < 1.29 is 13.2 Å². The lowest BCUT2D eigenvalue weighted by atomic mass is 10.4. The molecule has 1 rings (SSSR count). The van der Waals surface area contributed by atoms with E-state index in [-0.39, 0.29) is 23.9 Å². The predicted molar refractivity (Wildman–Crippen MR) is 64.8 cm³/mol. The van der Waals surface area contributed by atoms with E-state index in [4.69, 9.17) is 0 Å². The third-order valence-electron chi connectivity index (χ3n) is 1.96. The van der Waals surface area contributed by atoms with Crippen LogP contribution in [-0.2, 0) is 14.8 Å². The number of sulfonamides is 1. The number of rotatable bonds is 6. The first-order valence-corrected chi connectivity index (χ1v) is 6.49. The van der Waals surface area contributed by atoms with E-state index in [9.17, 15) is 13.2 Å². The van der Waals surface area contributed by atoms with Gasteiger partial charge in [-0.05, 0) is 18.2 Å². The molecule has 1 aromatic carbocycles. The zero-order valence-electron chi connectivity index (χ0n) is 9.22. The molecular formula is C11H14N2O3S. The summed E-state index contributed by atoms with van der Waals surface area (Å²) in [4.78, 5) is 11.0. The van der Waals surface area contributed by atoms with Crippen molar-refractivity contribution in [2.45, 2.75) is 4.90 Å². The second-order valence-corrected chi connectivity index (χ2v) is 4.97. The van der Waals surface area contributed by atoms with Gasteiger partial charge in [-0.1, -0.05) is 24.8 Å². The van der Waals surface area contributed by atoms with Crippen molar-refractivity contribution in [1.82, 2.24) is 10.0 Å². The van der Waals surface area contributed by atoms with Gasteiger partial charge in [0.05, 0.1) is 4.90 Å². The molecule has 0 aliphatic heterocycles. The molecule has 6 heteroatoms. The Bertz CT molecular complexity index is 483. The fourth-order valence-corrected chi connectivity index (χ4v) is 2.18. The third-order valence-corrected chi connectivity index (χ3v) is 3.43. The van der Waals surface area contributed by atoms with Crippen molar-refractivity contribution >= 4 is 15.9 Å². The number of carbonyl (C=O) groups excluding carboxylic acids is 1. The topological polar surface area (TPSA) is 75.3 Å². The largest absolute Gasteiger partial charge is 0.351 e. The molecule has 1 aromatic rings. The zero-order valence-corrected chi connectivity index (χ0v) is 10.0. The van der Waals surface area contributed by atoms with E-state index in [1.807, 2.05) is 0 Å². The van der Waals surface area contributed by atoms with Crippen LogP contribution in [0.3, 0.4) is 0 Å². The minimum Gasteiger partial charge on any atom is -0.351 e. The van der Waals surface area contributed by atoms with Crippen LogP contribution >= 0.6 is 0 Å². The van der Waals surface area contributed by atoms with E-state index >= 15 is 0 Å². The molecule has 2 N–H and O–H groups in total. The second-order valence-electron chi connectivity index (χ2n) is 3.21. The summed E-state index contributed by atoms with van der Waals surface area (Å²) in [6.45, 7) is 3.64. The van der Waals surface area contributed by atoms with E-state index in [1.54, 1.807) is 18.2 Å². The molecule has 0 aliphatic carbocycles. The highest BCUT2D eigenvalue weighted by Crippen LogP contribution is 2.06. The van der Waals surface area contributed by atoms with E-state index < -0.39 is 10.0 Å². The summed E-state index contributed by atoms with van der Waals surface area (Å²) in [5, 5.41) is 2.47. The van der Waals surface area contributed by atoms with Crippen LogP contribution in [-0.4, -0.2) is 27.4 Å². The highest BCUT2D eigenvalue weighted by molar-refractivity contribution is 7.89. The van der Waals surface area contributed by atoms with Gasteiger partial charge >= 0.3 is 0 Å². The maximum Gasteiger partial charge on any atom is 0.243 e. The molecule has 0 saturated heterocycles.